The lowest BCUT2D eigenvalue weighted by molar-refractivity contribution is -0.143. The predicted molar refractivity (Wildman–Crippen MR) is 114 cm³/mol. The molecule has 0 aliphatic heterocycles. The Balaban J connectivity index is 2.77. The van der Waals surface area contributed by atoms with E-state index in [-0.39, 0.29) is 24.5 Å². The summed E-state index contributed by atoms with van der Waals surface area (Å²) in [6.45, 7) is 5.28. The van der Waals surface area contributed by atoms with E-state index in [9.17, 15) is 35.9 Å². The summed E-state index contributed by atoms with van der Waals surface area (Å²) in [6.07, 6.45) is -9.22. The summed E-state index contributed by atoms with van der Waals surface area (Å²) >= 11 is 0. The van der Waals surface area contributed by atoms with Gasteiger partial charge in [-0.3, -0.25) is 4.79 Å². The molecule has 0 aliphatic carbocycles. The summed E-state index contributed by atoms with van der Waals surface area (Å²) in [7, 11) is 1.77. The van der Waals surface area contributed by atoms with Crippen molar-refractivity contribution >= 4 is 12.0 Å². The molecule has 0 saturated carbocycles. The molecular formula is C22H31F6N3O3. The van der Waals surface area contributed by atoms with Crippen LogP contribution >= 0.6 is 0 Å². The van der Waals surface area contributed by atoms with Gasteiger partial charge in [-0.1, -0.05) is 0 Å². The lowest BCUT2D eigenvalue weighted by Crippen LogP contribution is -2.40. The maximum absolute atomic E-state index is 13.0. The summed E-state index contributed by atoms with van der Waals surface area (Å²) in [5.41, 5.74) is -3.93. The zero-order valence-electron chi connectivity index (χ0n) is 19.5. The molecule has 6 nitrogen and oxygen atoms in total. The van der Waals surface area contributed by atoms with Crippen molar-refractivity contribution in [2.45, 2.75) is 77.0 Å². The van der Waals surface area contributed by atoms with Crippen LogP contribution in [0.4, 0.5) is 31.1 Å². The standard InChI is InChI=1S/C22H31F6N3O3/c1-20(2,3)34-19(33)31-17(6-5-9-29-4)7-8-18(32)30-13-14-10-15(21(23,24)25)12-16(11-14)22(26,27)28/h10-12,17,29H,5-9,13H2,1-4H3,(H,30,32)(H,31,33). The van der Waals surface area contributed by atoms with E-state index < -0.39 is 53.7 Å². The molecule has 1 atom stereocenters. The van der Waals surface area contributed by atoms with E-state index in [0.29, 0.717) is 31.5 Å². The van der Waals surface area contributed by atoms with Crippen molar-refractivity contribution in [3.8, 4) is 0 Å². The molecule has 0 saturated heterocycles. The number of amides is 2. The van der Waals surface area contributed by atoms with Gasteiger partial charge in [0.2, 0.25) is 5.91 Å². The zero-order valence-corrected chi connectivity index (χ0v) is 19.5. The third-order valence-corrected chi connectivity index (χ3v) is 4.56. The normalized spacial score (nSPS) is 13.4. The van der Waals surface area contributed by atoms with Crippen LogP contribution in [0.5, 0.6) is 0 Å². The monoisotopic (exact) mass is 499 g/mol. The minimum atomic E-state index is -4.96. The number of carbonyl (C=O) groups excluding carboxylic acids is 2. The van der Waals surface area contributed by atoms with Crippen LogP contribution in [0.15, 0.2) is 18.2 Å². The van der Waals surface area contributed by atoms with Crippen LogP contribution in [-0.4, -0.2) is 37.2 Å². The molecule has 0 radical (unpaired) electrons. The molecule has 3 N–H and O–H groups in total. The highest BCUT2D eigenvalue weighted by atomic mass is 19.4. The van der Waals surface area contributed by atoms with Crippen molar-refractivity contribution in [1.29, 1.82) is 0 Å². The van der Waals surface area contributed by atoms with Gasteiger partial charge in [-0.2, -0.15) is 26.3 Å². The van der Waals surface area contributed by atoms with E-state index in [4.69, 9.17) is 4.74 Å². The van der Waals surface area contributed by atoms with Crippen molar-refractivity contribution in [3.05, 3.63) is 34.9 Å². The second-order valence-electron chi connectivity index (χ2n) is 8.82. The van der Waals surface area contributed by atoms with E-state index in [0.717, 1.165) is 0 Å². The molecule has 0 fully saturated rings. The van der Waals surface area contributed by atoms with Gasteiger partial charge in [-0.05, 0) is 77.4 Å². The van der Waals surface area contributed by atoms with Crippen LogP contribution in [0.2, 0.25) is 0 Å². The predicted octanol–water partition coefficient (Wildman–Crippen LogP) is 5.01. The number of benzene rings is 1. The Morgan fingerprint density at radius 1 is 0.941 bits per heavy atom. The molecule has 1 aromatic rings. The maximum atomic E-state index is 13.0. The van der Waals surface area contributed by atoms with Gasteiger partial charge in [0.05, 0.1) is 11.1 Å². The summed E-state index contributed by atoms with van der Waals surface area (Å²) in [6, 6.07) is 0.767. The third kappa shape index (κ3) is 11.6. The number of hydrogen-bond acceptors (Lipinski definition) is 4. The first-order valence-electron chi connectivity index (χ1n) is 10.7. The highest BCUT2D eigenvalue weighted by Crippen LogP contribution is 2.36. The Morgan fingerprint density at radius 2 is 1.50 bits per heavy atom. The second-order valence-corrected chi connectivity index (χ2v) is 8.82. The first-order chi connectivity index (χ1) is 15.5. The highest BCUT2D eigenvalue weighted by molar-refractivity contribution is 5.76. The smallest absolute Gasteiger partial charge is 0.416 e. The largest absolute Gasteiger partial charge is 0.444 e. The Kier molecular flexibility index (Phi) is 10.7. The van der Waals surface area contributed by atoms with Crippen LogP contribution in [0.3, 0.4) is 0 Å². The highest BCUT2D eigenvalue weighted by Gasteiger charge is 2.36. The van der Waals surface area contributed by atoms with Gasteiger partial charge in [0.1, 0.15) is 5.60 Å². The Labute approximate surface area is 194 Å². The van der Waals surface area contributed by atoms with Gasteiger partial charge in [0, 0.05) is 19.0 Å². The van der Waals surface area contributed by atoms with E-state index in [1.165, 1.54) is 0 Å². The molecule has 0 bridgehead atoms. The number of alkyl halides is 6. The van der Waals surface area contributed by atoms with Gasteiger partial charge in [0.15, 0.2) is 0 Å². The topological polar surface area (TPSA) is 79.5 Å². The number of carbonyl (C=O) groups is 2. The molecule has 0 aromatic heterocycles. The summed E-state index contributed by atoms with van der Waals surface area (Å²) < 4.78 is 83.1. The minimum Gasteiger partial charge on any atom is -0.444 e. The summed E-state index contributed by atoms with van der Waals surface area (Å²) in [4.78, 5) is 24.3. The van der Waals surface area contributed by atoms with Crippen molar-refractivity contribution in [1.82, 2.24) is 16.0 Å². The molecule has 0 heterocycles. The summed E-state index contributed by atoms with van der Waals surface area (Å²) in [5.74, 6) is -0.574. The minimum absolute atomic E-state index is 0.0312. The molecule has 1 unspecified atom stereocenters. The van der Waals surface area contributed by atoms with Crippen LogP contribution < -0.4 is 16.0 Å². The van der Waals surface area contributed by atoms with Gasteiger partial charge < -0.3 is 20.7 Å². The Bertz CT molecular complexity index is 787. The molecule has 12 heteroatoms. The molecule has 0 spiro atoms. The molecule has 2 amide bonds. The summed E-state index contributed by atoms with van der Waals surface area (Å²) in [5, 5.41) is 8.00. The van der Waals surface area contributed by atoms with Gasteiger partial charge >= 0.3 is 18.4 Å². The van der Waals surface area contributed by atoms with E-state index >= 15 is 0 Å². The fourth-order valence-corrected chi connectivity index (χ4v) is 3.00. The second kappa shape index (κ2) is 12.3. The molecular weight excluding hydrogens is 468 g/mol. The van der Waals surface area contributed by atoms with Gasteiger partial charge in [0.25, 0.3) is 0 Å². The van der Waals surface area contributed by atoms with Crippen LogP contribution in [-0.2, 0) is 28.4 Å². The molecule has 34 heavy (non-hydrogen) atoms. The average molecular weight is 499 g/mol. The zero-order chi connectivity index (χ0) is 26.2. The van der Waals surface area contributed by atoms with Crippen LogP contribution in [0, 0.1) is 0 Å². The number of ether oxygens (including phenoxy) is 1. The SMILES string of the molecule is CNCCCC(CCC(=O)NCc1cc(C(F)(F)F)cc(C(F)(F)F)c1)NC(=O)OC(C)(C)C. The number of halogens is 6. The molecule has 0 aliphatic rings. The van der Waals surface area contributed by atoms with E-state index in [1.54, 1.807) is 27.8 Å². The van der Waals surface area contributed by atoms with Crippen molar-refractivity contribution in [3.63, 3.8) is 0 Å². The van der Waals surface area contributed by atoms with Crippen molar-refractivity contribution in [2.24, 2.45) is 0 Å². The van der Waals surface area contributed by atoms with E-state index in [2.05, 4.69) is 16.0 Å². The fraction of sp³-hybridized carbons (Fsp3) is 0.636. The Hall–Kier alpha value is -2.50. The average Bonchev–Trinajstić information content (AvgIpc) is 2.67. The first-order valence-corrected chi connectivity index (χ1v) is 10.7. The van der Waals surface area contributed by atoms with Crippen LogP contribution in [0.25, 0.3) is 0 Å². The number of rotatable bonds is 10. The lowest BCUT2D eigenvalue weighted by Gasteiger charge is -2.23. The Morgan fingerprint density at radius 3 is 1.97 bits per heavy atom. The first kappa shape index (κ1) is 29.5. The van der Waals surface area contributed by atoms with Crippen molar-refractivity contribution < 1.29 is 40.7 Å². The lowest BCUT2D eigenvalue weighted by atomic mass is 10.0. The third-order valence-electron chi connectivity index (χ3n) is 4.56. The number of nitrogens with one attached hydrogen (secondary N) is 3. The van der Waals surface area contributed by atoms with Gasteiger partial charge in [-0.15, -0.1) is 0 Å². The van der Waals surface area contributed by atoms with Crippen molar-refractivity contribution in [2.75, 3.05) is 13.6 Å². The molecule has 1 rings (SSSR count). The fourth-order valence-electron chi connectivity index (χ4n) is 3.00. The quantitative estimate of drug-likeness (QED) is 0.312. The van der Waals surface area contributed by atoms with Crippen LogP contribution in [0.1, 0.15) is 63.1 Å². The molecule has 194 valence electrons. The van der Waals surface area contributed by atoms with Gasteiger partial charge in [-0.25, -0.2) is 4.79 Å². The maximum Gasteiger partial charge on any atom is 0.416 e. The van der Waals surface area contributed by atoms with E-state index in [1.807, 2.05) is 0 Å². The number of alkyl carbamates (subject to hydrolysis) is 1. The molecule has 1 aromatic carbocycles. The number of hydrogen-bond donors (Lipinski definition) is 3.